The van der Waals surface area contributed by atoms with Crippen LogP contribution in [0.1, 0.15) is 17.8 Å². The summed E-state index contributed by atoms with van der Waals surface area (Å²) >= 11 is 1.66. The molecule has 0 aliphatic carbocycles. The number of nitrogens with zero attached hydrogens (tertiary/aromatic N) is 3. The van der Waals surface area contributed by atoms with Crippen molar-refractivity contribution in [3.05, 3.63) is 52.5 Å². The normalized spacial score (nSPS) is 19.4. The molecule has 2 amide bonds. The first kappa shape index (κ1) is 22.7. The summed E-state index contributed by atoms with van der Waals surface area (Å²) in [6.07, 6.45) is 0. The van der Waals surface area contributed by atoms with Crippen molar-refractivity contribution in [3.63, 3.8) is 0 Å². The maximum absolute atomic E-state index is 13.3. The quantitative estimate of drug-likeness (QED) is 0.693. The average Bonchev–Trinajstić information content (AvgIpc) is 3.34. The Morgan fingerprint density at radius 1 is 1.03 bits per heavy atom. The molecule has 0 radical (unpaired) electrons. The van der Waals surface area contributed by atoms with Crippen molar-refractivity contribution in [3.8, 4) is 0 Å². The zero-order chi connectivity index (χ0) is 22.5. The van der Waals surface area contributed by atoms with E-state index in [1.54, 1.807) is 16.2 Å². The highest BCUT2D eigenvalue weighted by molar-refractivity contribution is 7.10. The second kappa shape index (κ2) is 10.4. The highest BCUT2D eigenvalue weighted by Crippen LogP contribution is 2.30. The van der Waals surface area contributed by atoms with Gasteiger partial charge in [0.05, 0.1) is 19.3 Å². The topological polar surface area (TPSA) is 65.1 Å². The number of amides is 2. The number of hydrogen-bond acceptors (Lipinski definition) is 6. The number of piperazine rings is 1. The molecule has 4 rings (SSSR count). The number of thiophene rings is 1. The van der Waals surface area contributed by atoms with Gasteiger partial charge in [-0.2, -0.15) is 0 Å². The van der Waals surface area contributed by atoms with E-state index in [9.17, 15) is 14.0 Å². The highest BCUT2D eigenvalue weighted by atomic mass is 32.1. The van der Waals surface area contributed by atoms with Crippen LogP contribution < -0.4 is 10.2 Å². The van der Waals surface area contributed by atoms with E-state index in [4.69, 9.17) is 4.74 Å². The minimum atomic E-state index is -0.564. The minimum absolute atomic E-state index is 0.0215. The molecule has 2 aliphatic rings. The van der Waals surface area contributed by atoms with Crippen LogP contribution in [0, 0.1) is 5.82 Å². The molecule has 1 N–H and O–H groups in total. The lowest BCUT2D eigenvalue weighted by molar-refractivity contribution is -0.149. The van der Waals surface area contributed by atoms with E-state index in [0.717, 1.165) is 36.7 Å². The largest absolute Gasteiger partial charge is 0.378 e. The van der Waals surface area contributed by atoms with Crippen LogP contribution in [0.25, 0.3) is 0 Å². The number of morpholine rings is 1. The fourth-order valence-corrected chi connectivity index (χ4v) is 5.33. The molecule has 2 saturated heterocycles. The Morgan fingerprint density at radius 3 is 2.34 bits per heavy atom. The molecular weight excluding hydrogens is 431 g/mol. The van der Waals surface area contributed by atoms with Gasteiger partial charge in [-0.1, -0.05) is 6.07 Å². The molecule has 32 heavy (non-hydrogen) atoms. The summed E-state index contributed by atoms with van der Waals surface area (Å²) < 4.78 is 18.5. The molecule has 0 unspecified atom stereocenters. The van der Waals surface area contributed by atoms with E-state index in [-0.39, 0.29) is 17.9 Å². The van der Waals surface area contributed by atoms with Gasteiger partial charge in [-0.25, -0.2) is 4.39 Å². The van der Waals surface area contributed by atoms with Gasteiger partial charge in [0.2, 0.25) is 0 Å². The van der Waals surface area contributed by atoms with Crippen molar-refractivity contribution < 1.29 is 18.7 Å². The molecule has 9 heteroatoms. The fourth-order valence-electron chi connectivity index (χ4n) is 4.37. The van der Waals surface area contributed by atoms with E-state index in [0.29, 0.717) is 26.3 Å². The van der Waals surface area contributed by atoms with Gasteiger partial charge in [0.15, 0.2) is 0 Å². The smallest absolute Gasteiger partial charge is 0.312 e. The first-order valence-electron chi connectivity index (χ1n) is 11.0. The Labute approximate surface area is 191 Å². The summed E-state index contributed by atoms with van der Waals surface area (Å²) in [6, 6.07) is 10.4. The van der Waals surface area contributed by atoms with Crippen molar-refractivity contribution in [1.82, 2.24) is 15.1 Å². The van der Waals surface area contributed by atoms with Gasteiger partial charge in [0, 0.05) is 55.9 Å². The number of carbonyl (C=O) groups is 2. The standard InChI is InChI=1S/C23H29FN4O3S/c1-17(25-22(29)23(30)28-12-14-31-15-13-28)21(20-3-2-16-32-20)27-10-8-26(9-11-27)19-6-4-18(24)5-7-19/h2-7,16-17,21H,8-15H2,1H3,(H,25,29)/t17-,21+/m0/s1. The lowest BCUT2D eigenvalue weighted by Gasteiger charge is -2.42. The van der Waals surface area contributed by atoms with Crippen molar-refractivity contribution in [2.75, 3.05) is 57.4 Å². The molecule has 1 aromatic heterocycles. The van der Waals surface area contributed by atoms with E-state index in [2.05, 4.69) is 21.2 Å². The highest BCUT2D eigenvalue weighted by Gasteiger charge is 2.33. The van der Waals surface area contributed by atoms with Gasteiger partial charge in [0.25, 0.3) is 0 Å². The second-order valence-corrected chi connectivity index (χ2v) is 9.11. The predicted octanol–water partition coefficient (Wildman–Crippen LogP) is 2.11. The number of hydrogen-bond donors (Lipinski definition) is 1. The van der Waals surface area contributed by atoms with Crippen LogP contribution in [0.15, 0.2) is 41.8 Å². The monoisotopic (exact) mass is 460 g/mol. The zero-order valence-corrected chi connectivity index (χ0v) is 19.0. The molecule has 2 aromatic rings. The number of halogens is 1. The average molecular weight is 461 g/mol. The predicted molar refractivity (Wildman–Crippen MR) is 122 cm³/mol. The maximum atomic E-state index is 13.3. The van der Waals surface area contributed by atoms with Crippen molar-refractivity contribution in [2.45, 2.75) is 19.0 Å². The van der Waals surface area contributed by atoms with Crippen molar-refractivity contribution in [1.29, 1.82) is 0 Å². The number of rotatable bonds is 5. The lowest BCUT2D eigenvalue weighted by Crippen LogP contribution is -2.54. The van der Waals surface area contributed by atoms with E-state index < -0.39 is 11.8 Å². The Kier molecular flexibility index (Phi) is 7.39. The van der Waals surface area contributed by atoms with Crippen LogP contribution >= 0.6 is 11.3 Å². The summed E-state index contributed by atoms with van der Waals surface area (Å²) in [6.45, 7) is 6.99. The van der Waals surface area contributed by atoms with Gasteiger partial charge < -0.3 is 19.9 Å². The molecule has 7 nitrogen and oxygen atoms in total. The number of ether oxygens (including phenoxy) is 1. The summed E-state index contributed by atoms with van der Waals surface area (Å²) in [5.74, 6) is -1.29. The fraction of sp³-hybridized carbons (Fsp3) is 0.478. The van der Waals surface area contributed by atoms with Crippen LogP contribution in [0.3, 0.4) is 0 Å². The van der Waals surface area contributed by atoms with Gasteiger partial charge >= 0.3 is 11.8 Å². The summed E-state index contributed by atoms with van der Waals surface area (Å²) in [4.78, 5) is 32.5. The number of carbonyl (C=O) groups excluding carboxylic acids is 2. The number of nitrogens with one attached hydrogen (secondary N) is 1. The van der Waals surface area contributed by atoms with Crippen LogP contribution in [0.5, 0.6) is 0 Å². The van der Waals surface area contributed by atoms with Gasteiger partial charge in [0.1, 0.15) is 5.82 Å². The molecule has 1 aromatic carbocycles. The molecule has 2 atom stereocenters. The summed E-state index contributed by atoms with van der Waals surface area (Å²) in [5, 5.41) is 4.98. The van der Waals surface area contributed by atoms with E-state index in [1.165, 1.54) is 12.1 Å². The summed E-state index contributed by atoms with van der Waals surface area (Å²) in [7, 11) is 0. The minimum Gasteiger partial charge on any atom is -0.378 e. The Hall–Kier alpha value is -2.49. The first-order chi connectivity index (χ1) is 15.5. The Bertz CT molecular complexity index is 894. The molecular formula is C23H29FN4O3S. The molecule has 2 aliphatic heterocycles. The van der Waals surface area contributed by atoms with E-state index >= 15 is 0 Å². The Balaban J connectivity index is 1.41. The molecule has 3 heterocycles. The number of anilines is 1. The van der Waals surface area contributed by atoms with Crippen LogP contribution in [-0.2, 0) is 14.3 Å². The number of benzene rings is 1. The van der Waals surface area contributed by atoms with E-state index in [1.807, 2.05) is 30.5 Å². The Morgan fingerprint density at radius 2 is 1.72 bits per heavy atom. The molecule has 2 fully saturated rings. The summed E-state index contributed by atoms with van der Waals surface area (Å²) in [5.41, 5.74) is 1.01. The van der Waals surface area contributed by atoms with Crippen LogP contribution in [-0.4, -0.2) is 80.1 Å². The van der Waals surface area contributed by atoms with Gasteiger partial charge in [-0.15, -0.1) is 11.3 Å². The third-order valence-corrected chi connectivity index (χ3v) is 7.00. The maximum Gasteiger partial charge on any atom is 0.312 e. The zero-order valence-electron chi connectivity index (χ0n) is 18.2. The molecule has 0 saturated carbocycles. The van der Waals surface area contributed by atoms with Gasteiger partial charge in [-0.05, 0) is 42.6 Å². The SMILES string of the molecule is C[C@H](NC(=O)C(=O)N1CCOCC1)[C@H](c1cccs1)N1CCN(c2ccc(F)cc2)CC1. The van der Waals surface area contributed by atoms with Crippen LogP contribution in [0.4, 0.5) is 10.1 Å². The van der Waals surface area contributed by atoms with Crippen molar-refractivity contribution in [2.24, 2.45) is 0 Å². The second-order valence-electron chi connectivity index (χ2n) is 8.13. The van der Waals surface area contributed by atoms with Crippen molar-refractivity contribution >= 4 is 28.8 Å². The third-order valence-electron chi connectivity index (χ3n) is 6.06. The molecule has 0 spiro atoms. The lowest BCUT2D eigenvalue weighted by atomic mass is 10.0. The first-order valence-corrected chi connectivity index (χ1v) is 11.9. The van der Waals surface area contributed by atoms with Crippen LogP contribution in [0.2, 0.25) is 0 Å². The third kappa shape index (κ3) is 5.28. The molecule has 0 bridgehead atoms. The molecule has 172 valence electrons. The van der Waals surface area contributed by atoms with Gasteiger partial charge in [-0.3, -0.25) is 14.5 Å².